The van der Waals surface area contributed by atoms with Gasteiger partial charge in [0.2, 0.25) is 0 Å². The van der Waals surface area contributed by atoms with E-state index in [1.54, 1.807) is 6.92 Å². The molecule has 5 heteroatoms. The van der Waals surface area contributed by atoms with Crippen LogP contribution in [0.2, 0.25) is 0 Å². The number of nitrogens with zero attached hydrogens (tertiary/aromatic N) is 2. The van der Waals surface area contributed by atoms with Crippen LogP contribution < -0.4 is 0 Å². The second-order valence-electron chi connectivity index (χ2n) is 2.99. The van der Waals surface area contributed by atoms with Gasteiger partial charge in [-0.05, 0) is 6.92 Å². The molecule has 0 aliphatic heterocycles. The second-order valence-corrected chi connectivity index (χ2v) is 2.99. The highest BCUT2D eigenvalue weighted by molar-refractivity contribution is 5.88. The Morgan fingerprint density at radius 3 is 2.79 bits per heavy atom. The van der Waals surface area contributed by atoms with E-state index >= 15 is 0 Å². The molecule has 0 saturated heterocycles. The van der Waals surface area contributed by atoms with Gasteiger partial charge in [0.05, 0.1) is 23.0 Å². The van der Waals surface area contributed by atoms with E-state index in [0.717, 1.165) is 0 Å². The average Bonchev–Trinajstić information content (AvgIpc) is 2.42. The van der Waals surface area contributed by atoms with Crippen molar-refractivity contribution >= 4 is 11.8 Å². The van der Waals surface area contributed by atoms with Crippen molar-refractivity contribution in [2.75, 3.05) is 0 Å². The van der Waals surface area contributed by atoms with Crippen molar-refractivity contribution in [1.82, 2.24) is 9.61 Å². The van der Waals surface area contributed by atoms with Gasteiger partial charge in [-0.2, -0.15) is 5.10 Å². The summed E-state index contributed by atoms with van der Waals surface area (Å²) in [6.07, 6.45) is 1.93. The van der Waals surface area contributed by atoms with Crippen LogP contribution in [0.25, 0.3) is 5.52 Å². The SMILES string of the molecule is Cc1nn2cc(O)c(O)cc2c1C=O. The number of carbonyl (C=O) groups is 1. The fourth-order valence-corrected chi connectivity index (χ4v) is 1.35. The summed E-state index contributed by atoms with van der Waals surface area (Å²) in [5, 5.41) is 22.4. The van der Waals surface area contributed by atoms with Gasteiger partial charge >= 0.3 is 0 Å². The van der Waals surface area contributed by atoms with Crippen LogP contribution in [0.4, 0.5) is 0 Å². The molecule has 0 spiro atoms. The van der Waals surface area contributed by atoms with Crippen molar-refractivity contribution in [3.05, 3.63) is 23.5 Å². The van der Waals surface area contributed by atoms with Gasteiger partial charge in [-0.15, -0.1) is 0 Å². The first-order chi connectivity index (χ1) is 6.63. The lowest BCUT2D eigenvalue weighted by Crippen LogP contribution is -1.86. The van der Waals surface area contributed by atoms with Gasteiger partial charge in [0.15, 0.2) is 17.8 Å². The highest BCUT2D eigenvalue weighted by Crippen LogP contribution is 2.27. The quantitative estimate of drug-likeness (QED) is 0.657. The number of aromatic nitrogens is 2. The molecule has 0 fully saturated rings. The lowest BCUT2D eigenvalue weighted by Gasteiger charge is -1.98. The molecule has 5 nitrogen and oxygen atoms in total. The summed E-state index contributed by atoms with van der Waals surface area (Å²) in [5.41, 5.74) is 1.46. The first kappa shape index (κ1) is 8.55. The number of aldehydes is 1. The average molecular weight is 192 g/mol. The smallest absolute Gasteiger partial charge is 0.176 e. The normalized spacial score (nSPS) is 10.6. The number of hydrogen-bond acceptors (Lipinski definition) is 4. The fourth-order valence-electron chi connectivity index (χ4n) is 1.35. The molecule has 0 aromatic carbocycles. The van der Waals surface area contributed by atoms with Crippen LogP contribution >= 0.6 is 0 Å². The maximum atomic E-state index is 10.7. The minimum atomic E-state index is -0.266. The Labute approximate surface area is 79.2 Å². The summed E-state index contributed by atoms with van der Waals surface area (Å²) in [6, 6.07) is 1.30. The van der Waals surface area contributed by atoms with E-state index in [-0.39, 0.29) is 11.5 Å². The van der Waals surface area contributed by atoms with Gasteiger partial charge in [0, 0.05) is 6.07 Å². The summed E-state index contributed by atoms with van der Waals surface area (Å²) in [7, 11) is 0. The molecule has 2 heterocycles. The Morgan fingerprint density at radius 2 is 2.14 bits per heavy atom. The van der Waals surface area contributed by atoms with E-state index in [2.05, 4.69) is 5.10 Å². The number of carbonyl (C=O) groups excluding carboxylic acids is 1. The zero-order chi connectivity index (χ0) is 10.3. The van der Waals surface area contributed by atoms with Crippen LogP contribution in [-0.4, -0.2) is 26.1 Å². The zero-order valence-electron chi connectivity index (χ0n) is 7.43. The molecule has 2 N–H and O–H groups in total. The molecule has 0 saturated carbocycles. The van der Waals surface area contributed by atoms with Crippen molar-refractivity contribution in [2.45, 2.75) is 6.92 Å². The molecule has 0 atom stereocenters. The third-order valence-electron chi connectivity index (χ3n) is 2.07. The first-order valence-corrected chi connectivity index (χ1v) is 3.99. The molecule has 2 aromatic rings. The lowest BCUT2D eigenvalue weighted by molar-refractivity contribution is 0.112. The minimum absolute atomic E-state index is 0.263. The Morgan fingerprint density at radius 1 is 1.43 bits per heavy atom. The van der Waals surface area contributed by atoms with Crippen LogP contribution in [0.1, 0.15) is 16.1 Å². The number of rotatable bonds is 1. The molecule has 2 rings (SSSR count). The largest absolute Gasteiger partial charge is 0.504 e. The predicted octanol–water partition coefficient (Wildman–Crippen LogP) is 0.866. The van der Waals surface area contributed by atoms with Crippen LogP contribution in [-0.2, 0) is 0 Å². The maximum Gasteiger partial charge on any atom is 0.176 e. The number of aryl methyl sites for hydroxylation is 1. The van der Waals surface area contributed by atoms with Crippen LogP contribution in [0, 0.1) is 6.92 Å². The number of fused-ring (bicyclic) bond motifs is 1. The molecule has 14 heavy (non-hydrogen) atoms. The monoisotopic (exact) mass is 192 g/mol. The third-order valence-corrected chi connectivity index (χ3v) is 2.07. The molecule has 0 radical (unpaired) electrons. The highest BCUT2D eigenvalue weighted by atomic mass is 16.3. The van der Waals surface area contributed by atoms with Crippen LogP contribution in [0.5, 0.6) is 11.5 Å². The summed E-state index contributed by atoms with van der Waals surface area (Å²) in [6.45, 7) is 1.69. The molecule has 0 bridgehead atoms. The summed E-state index contributed by atoms with van der Waals surface area (Å²) in [4.78, 5) is 10.7. The maximum absolute atomic E-state index is 10.7. The van der Waals surface area contributed by atoms with Gasteiger partial charge in [-0.25, -0.2) is 4.52 Å². The molecule has 72 valence electrons. The van der Waals surface area contributed by atoms with E-state index < -0.39 is 0 Å². The van der Waals surface area contributed by atoms with Crippen molar-refractivity contribution in [3.63, 3.8) is 0 Å². The molecule has 0 amide bonds. The van der Waals surface area contributed by atoms with E-state index in [1.165, 1.54) is 16.8 Å². The summed E-state index contributed by atoms with van der Waals surface area (Å²) >= 11 is 0. The Kier molecular flexibility index (Phi) is 1.67. The standard InChI is InChI=1S/C9H8N2O3/c1-5-6(4-12)7-2-8(13)9(14)3-11(7)10-5/h2-4,13-14H,1H3. The van der Waals surface area contributed by atoms with Gasteiger partial charge < -0.3 is 10.2 Å². The van der Waals surface area contributed by atoms with Crippen molar-refractivity contribution in [3.8, 4) is 11.5 Å². The van der Waals surface area contributed by atoms with Gasteiger partial charge in [0.25, 0.3) is 0 Å². The van der Waals surface area contributed by atoms with E-state index in [4.69, 9.17) is 0 Å². The highest BCUT2D eigenvalue weighted by Gasteiger charge is 2.10. The van der Waals surface area contributed by atoms with E-state index in [9.17, 15) is 15.0 Å². The lowest BCUT2D eigenvalue weighted by atomic mass is 10.2. The third kappa shape index (κ3) is 1.02. The molecule has 0 aliphatic rings. The number of hydrogen-bond donors (Lipinski definition) is 2. The molecular weight excluding hydrogens is 184 g/mol. The predicted molar refractivity (Wildman–Crippen MR) is 48.6 cm³/mol. The van der Waals surface area contributed by atoms with Crippen molar-refractivity contribution in [1.29, 1.82) is 0 Å². The summed E-state index contributed by atoms with van der Waals surface area (Å²) in [5.74, 6) is -0.530. The Bertz CT molecular complexity index is 516. The minimum Gasteiger partial charge on any atom is -0.504 e. The zero-order valence-corrected chi connectivity index (χ0v) is 7.43. The van der Waals surface area contributed by atoms with Gasteiger partial charge in [-0.3, -0.25) is 4.79 Å². The first-order valence-electron chi connectivity index (χ1n) is 3.99. The van der Waals surface area contributed by atoms with Crippen LogP contribution in [0.15, 0.2) is 12.3 Å². The number of aromatic hydroxyl groups is 2. The topological polar surface area (TPSA) is 74.8 Å². The van der Waals surface area contributed by atoms with Crippen molar-refractivity contribution in [2.24, 2.45) is 0 Å². The van der Waals surface area contributed by atoms with Crippen molar-refractivity contribution < 1.29 is 15.0 Å². The fraction of sp³-hybridized carbons (Fsp3) is 0.111. The van der Waals surface area contributed by atoms with Gasteiger partial charge in [-0.1, -0.05) is 0 Å². The number of pyridine rings is 1. The second kappa shape index (κ2) is 2.73. The Hall–Kier alpha value is -2.04. The van der Waals surface area contributed by atoms with E-state index in [1.807, 2.05) is 0 Å². The Balaban J connectivity index is 2.89. The van der Waals surface area contributed by atoms with Crippen LogP contribution in [0.3, 0.4) is 0 Å². The summed E-state index contributed by atoms with van der Waals surface area (Å²) < 4.78 is 1.36. The van der Waals surface area contributed by atoms with Gasteiger partial charge in [0.1, 0.15) is 0 Å². The molecule has 2 aromatic heterocycles. The molecule has 0 unspecified atom stereocenters. The molecule has 0 aliphatic carbocycles. The molecular formula is C9H8N2O3. The van der Waals surface area contributed by atoms with E-state index in [0.29, 0.717) is 23.1 Å².